The monoisotopic (exact) mass is 366 g/mol. The summed E-state index contributed by atoms with van der Waals surface area (Å²) in [4.78, 5) is 26.2. The third-order valence-electron chi connectivity index (χ3n) is 3.72. The van der Waals surface area contributed by atoms with E-state index in [1.807, 2.05) is 13.0 Å². The Hall–Kier alpha value is -3.12. The van der Waals surface area contributed by atoms with E-state index in [1.54, 1.807) is 61.7 Å². The van der Waals surface area contributed by atoms with Gasteiger partial charge < -0.3 is 15.4 Å². The fourth-order valence-electron chi connectivity index (χ4n) is 2.33. The number of anilines is 2. The van der Waals surface area contributed by atoms with Gasteiger partial charge in [-0.3, -0.25) is 9.59 Å². The van der Waals surface area contributed by atoms with Crippen molar-refractivity contribution in [2.75, 3.05) is 17.7 Å². The van der Waals surface area contributed by atoms with Crippen molar-refractivity contribution in [3.63, 3.8) is 0 Å². The van der Waals surface area contributed by atoms with Crippen LogP contribution in [-0.2, 0) is 0 Å². The van der Waals surface area contributed by atoms with E-state index in [0.717, 1.165) is 10.6 Å². The van der Waals surface area contributed by atoms with Crippen molar-refractivity contribution in [2.24, 2.45) is 0 Å². The molecule has 0 spiro atoms. The van der Waals surface area contributed by atoms with Crippen LogP contribution in [0.2, 0.25) is 0 Å². The van der Waals surface area contributed by atoms with Crippen molar-refractivity contribution in [1.29, 1.82) is 0 Å². The first-order chi connectivity index (χ1) is 12.5. The van der Waals surface area contributed by atoms with E-state index in [4.69, 9.17) is 4.74 Å². The number of hydrogen-bond acceptors (Lipinski definition) is 4. The fraction of sp³-hybridized carbons (Fsp3) is 0.100. The van der Waals surface area contributed by atoms with Crippen molar-refractivity contribution in [3.8, 4) is 5.75 Å². The highest BCUT2D eigenvalue weighted by Crippen LogP contribution is 2.19. The highest BCUT2D eigenvalue weighted by atomic mass is 32.1. The zero-order chi connectivity index (χ0) is 18.5. The topological polar surface area (TPSA) is 67.4 Å². The molecule has 0 saturated heterocycles. The minimum Gasteiger partial charge on any atom is -0.497 e. The van der Waals surface area contributed by atoms with Crippen LogP contribution in [0.3, 0.4) is 0 Å². The molecule has 0 aliphatic heterocycles. The number of ether oxygens (including phenoxy) is 1. The van der Waals surface area contributed by atoms with Crippen LogP contribution in [0.15, 0.2) is 60.7 Å². The van der Waals surface area contributed by atoms with Crippen molar-refractivity contribution in [1.82, 2.24) is 0 Å². The first-order valence-corrected chi connectivity index (χ1v) is 8.80. The summed E-state index contributed by atoms with van der Waals surface area (Å²) in [5.41, 5.74) is 1.83. The fourth-order valence-corrected chi connectivity index (χ4v) is 3.09. The first-order valence-electron chi connectivity index (χ1n) is 7.98. The lowest BCUT2D eigenvalue weighted by molar-refractivity contribution is 0.102. The summed E-state index contributed by atoms with van der Waals surface area (Å²) < 4.78 is 5.09. The molecule has 0 radical (unpaired) electrons. The molecule has 2 amide bonds. The second-order valence-corrected chi connectivity index (χ2v) is 6.91. The van der Waals surface area contributed by atoms with Crippen molar-refractivity contribution >= 4 is 34.5 Å². The molecule has 3 aromatic rings. The van der Waals surface area contributed by atoms with E-state index < -0.39 is 0 Å². The lowest BCUT2D eigenvalue weighted by atomic mass is 10.2. The summed E-state index contributed by atoms with van der Waals surface area (Å²) >= 11 is 1.44. The number of thiophene rings is 1. The van der Waals surface area contributed by atoms with E-state index in [-0.39, 0.29) is 11.8 Å². The number of carbonyl (C=O) groups excluding carboxylic acids is 2. The molecular weight excluding hydrogens is 348 g/mol. The minimum absolute atomic E-state index is 0.154. The Morgan fingerprint density at radius 2 is 1.38 bits per heavy atom. The van der Waals surface area contributed by atoms with Gasteiger partial charge in [-0.2, -0.15) is 0 Å². The number of nitrogens with one attached hydrogen (secondary N) is 2. The van der Waals surface area contributed by atoms with E-state index >= 15 is 0 Å². The highest BCUT2D eigenvalue weighted by molar-refractivity contribution is 7.14. The predicted octanol–water partition coefficient (Wildman–Crippen LogP) is 4.57. The molecule has 0 unspecified atom stereocenters. The van der Waals surface area contributed by atoms with Crippen molar-refractivity contribution in [3.05, 3.63) is 76.0 Å². The maximum Gasteiger partial charge on any atom is 0.265 e. The Morgan fingerprint density at radius 3 is 1.92 bits per heavy atom. The largest absolute Gasteiger partial charge is 0.497 e. The van der Waals surface area contributed by atoms with Crippen LogP contribution in [0.1, 0.15) is 24.9 Å². The van der Waals surface area contributed by atoms with Gasteiger partial charge in [0.05, 0.1) is 12.0 Å². The molecule has 26 heavy (non-hydrogen) atoms. The van der Waals surface area contributed by atoms with Crippen molar-refractivity contribution in [2.45, 2.75) is 6.92 Å². The standard InChI is InChI=1S/C20H18N2O3S/c1-13-3-12-18(26-13)20(24)22-15-6-4-14(5-7-15)19(23)21-16-8-10-17(25-2)11-9-16/h3-12H,1-2H3,(H,21,23)(H,22,24). The molecule has 1 aromatic heterocycles. The number of aryl methyl sites for hydroxylation is 1. The zero-order valence-corrected chi connectivity index (χ0v) is 15.2. The average Bonchev–Trinajstić information content (AvgIpc) is 3.09. The predicted molar refractivity (Wildman–Crippen MR) is 104 cm³/mol. The maximum absolute atomic E-state index is 12.3. The van der Waals surface area contributed by atoms with E-state index in [9.17, 15) is 9.59 Å². The van der Waals surface area contributed by atoms with E-state index in [1.165, 1.54) is 11.3 Å². The van der Waals surface area contributed by atoms with Crippen LogP contribution in [0.25, 0.3) is 0 Å². The Labute approximate surface area is 155 Å². The summed E-state index contributed by atoms with van der Waals surface area (Å²) in [7, 11) is 1.59. The maximum atomic E-state index is 12.3. The molecule has 0 atom stereocenters. The molecule has 6 heteroatoms. The summed E-state index contributed by atoms with van der Waals surface area (Å²) in [6.45, 7) is 1.96. The van der Waals surface area contributed by atoms with Gasteiger partial charge in [-0.05, 0) is 67.6 Å². The normalized spacial score (nSPS) is 10.2. The van der Waals surface area contributed by atoms with E-state index in [2.05, 4.69) is 10.6 Å². The molecule has 1 heterocycles. The van der Waals surface area contributed by atoms with E-state index in [0.29, 0.717) is 21.8 Å². The van der Waals surface area contributed by atoms with Crippen LogP contribution in [-0.4, -0.2) is 18.9 Å². The molecule has 0 aliphatic carbocycles. The average molecular weight is 366 g/mol. The highest BCUT2D eigenvalue weighted by Gasteiger charge is 2.10. The first kappa shape index (κ1) is 17.7. The molecule has 3 rings (SSSR count). The SMILES string of the molecule is COc1ccc(NC(=O)c2ccc(NC(=O)c3ccc(C)s3)cc2)cc1. The van der Waals surface area contributed by atoms with Gasteiger partial charge in [0.1, 0.15) is 5.75 Å². The molecular formula is C20H18N2O3S. The summed E-state index contributed by atoms with van der Waals surface area (Å²) in [6, 6.07) is 17.6. The van der Waals surface area contributed by atoms with Crippen LogP contribution in [0.4, 0.5) is 11.4 Å². The lowest BCUT2D eigenvalue weighted by Crippen LogP contribution is -2.13. The second-order valence-electron chi connectivity index (χ2n) is 5.62. The smallest absolute Gasteiger partial charge is 0.265 e. The summed E-state index contributed by atoms with van der Waals surface area (Å²) in [5.74, 6) is 0.351. The molecule has 0 bridgehead atoms. The van der Waals surface area contributed by atoms with Gasteiger partial charge in [0.15, 0.2) is 0 Å². The zero-order valence-electron chi connectivity index (χ0n) is 14.4. The molecule has 132 valence electrons. The lowest BCUT2D eigenvalue weighted by Gasteiger charge is -2.08. The molecule has 5 nitrogen and oxygen atoms in total. The molecule has 0 aliphatic rings. The third-order valence-corrected chi connectivity index (χ3v) is 4.72. The number of hydrogen-bond donors (Lipinski definition) is 2. The van der Waals surface area contributed by atoms with Gasteiger partial charge in [0, 0.05) is 21.8 Å². The minimum atomic E-state index is -0.220. The number of methoxy groups -OCH3 is 1. The molecule has 0 saturated carbocycles. The Balaban J connectivity index is 1.62. The van der Waals surface area contributed by atoms with Crippen LogP contribution in [0, 0.1) is 6.92 Å². The third kappa shape index (κ3) is 4.29. The Bertz CT molecular complexity index is 915. The van der Waals surface area contributed by atoms with Crippen molar-refractivity contribution < 1.29 is 14.3 Å². The van der Waals surface area contributed by atoms with Gasteiger partial charge in [-0.1, -0.05) is 0 Å². The molecule has 0 fully saturated rings. The summed E-state index contributed by atoms with van der Waals surface area (Å²) in [6.07, 6.45) is 0. The van der Waals surface area contributed by atoms with Crippen LogP contribution in [0.5, 0.6) is 5.75 Å². The Morgan fingerprint density at radius 1 is 0.808 bits per heavy atom. The number of carbonyl (C=O) groups is 2. The number of rotatable bonds is 5. The quantitative estimate of drug-likeness (QED) is 0.695. The van der Waals surface area contributed by atoms with Gasteiger partial charge in [-0.25, -0.2) is 0 Å². The van der Waals surface area contributed by atoms with Crippen LogP contribution < -0.4 is 15.4 Å². The molecule has 2 aromatic carbocycles. The number of benzene rings is 2. The molecule has 2 N–H and O–H groups in total. The van der Waals surface area contributed by atoms with Gasteiger partial charge in [0.25, 0.3) is 11.8 Å². The second kappa shape index (κ2) is 7.84. The van der Waals surface area contributed by atoms with Gasteiger partial charge >= 0.3 is 0 Å². The number of amides is 2. The van der Waals surface area contributed by atoms with Gasteiger partial charge in [0.2, 0.25) is 0 Å². The van der Waals surface area contributed by atoms with Crippen LogP contribution >= 0.6 is 11.3 Å². The summed E-state index contributed by atoms with van der Waals surface area (Å²) in [5, 5.41) is 5.64. The van der Waals surface area contributed by atoms with Gasteiger partial charge in [-0.15, -0.1) is 11.3 Å². The Kier molecular flexibility index (Phi) is 5.34.